The molecule has 0 aliphatic carbocycles. The topological polar surface area (TPSA) is 93.2 Å². The van der Waals surface area contributed by atoms with Crippen LogP contribution in [0.25, 0.3) is 11.3 Å². The van der Waals surface area contributed by atoms with E-state index in [1.54, 1.807) is 6.07 Å². The van der Waals surface area contributed by atoms with Gasteiger partial charge in [-0.25, -0.2) is 4.68 Å². The Kier molecular flexibility index (Phi) is 8.16. The maximum Gasteiger partial charge on any atom is 0.267 e. The van der Waals surface area contributed by atoms with Crippen LogP contribution in [0.1, 0.15) is 31.4 Å². The number of rotatable bonds is 10. The van der Waals surface area contributed by atoms with E-state index in [1.807, 2.05) is 48.5 Å². The van der Waals surface area contributed by atoms with Crippen LogP contribution in [0.15, 0.2) is 65.5 Å². The quantitative estimate of drug-likeness (QED) is 0.480. The summed E-state index contributed by atoms with van der Waals surface area (Å²) >= 11 is 0. The van der Waals surface area contributed by atoms with Crippen molar-refractivity contribution in [3.8, 4) is 11.3 Å². The zero-order valence-electron chi connectivity index (χ0n) is 18.8. The van der Waals surface area contributed by atoms with Gasteiger partial charge in [0.05, 0.1) is 12.2 Å². The highest BCUT2D eigenvalue weighted by Crippen LogP contribution is 2.17. The zero-order chi connectivity index (χ0) is 22.9. The zero-order valence-corrected chi connectivity index (χ0v) is 18.8. The van der Waals surface area contributed by atoms with Crippen molar-refractivity contribution in [2.45, 2.75) is 33.4 Å². The third-order valence-corrected chi connectivity index (χ3v) is 5.44. The van der Waals surface area contributed by atoms with Gasteiger partial charge < -0.3 is 16.0 Å². The van der Waals surface area contributed by atoms with Crippen LogP contribution in [0, 0.1) is 0 Å². The molecule has 0 saturated carbocycles. The fourth-order valence-corrected chi connectivity index (χ4v) is 3.46. The number of carbonyl (C=O) groups is 1. The molecule has 168 valence electrons. The summed E-state index contributed by atoms with van der Waals surface area (Å²) in [6.45, 7) is 7.71. The second-order valence-electron chi connectivity index (χ2n) is 7.71. The minimum Gasteiger partial charge on any atom is -0.399 e. The lowest BCUT2D eigenvalue weighted by atomic mass is 10.1. The van der Waals surface area contributed by atoms with Gasteiger partial charge >= 0.3 is 0 Å². The van der Waals surface area contributed by atoms with Crippen LogP contribution < -0.4 is 16.6 Å². The Morgan fingerprint density at radius 3 is 2.47 bits per heavy atom. The van der Waals surface area contributed by atoms with Gasteiger partial charge in [0.1, 0.15) is 0 Å². The number of benzene rings is 2. The van der Waals surface area contributed by atoms with Gasteiger partial charge in [0.2, 0.25) is 5.91 Å². The second kappa shape index (κ2) is 11.2. The number of carbonyl (C=O) groups excluding carboxylic acids is 1. The monoisotopic (exact) mass is 433 g/mol. The SMILES string of the molecule is CCN(CC)CCC(=O)NCc1ccc(-c2ccc(=O)n(Cc3cccc(N)c3)n2)cc1. The van der Waals surface area contributed by atoms with Crippen LogP contribution in [0.2, 0.25) is 0 Å². The molecular weight excluding hydrogens is 402 g/mol. The molecule has 0 aliphatic rings. The Balaban J connectivity index is 1.62. The molecule has 0 unspecified atom stereocenters. The smallest absolute Gasteiger partial charge is 0.267 e. The van der Waals surface area contributed by atoms with Crippen molar-refractivity contribution in [3.63, 3.8) is 0 Å². The van der Waals surface area contributed by atoms with E-state index in [9.17, 15) is 9.59 Å². The van der Waals surface area contributed by atoms with Gasteiger partial charge in [-0.05, 0) is 42.4 Å². The summed E-state index contributed by atoms with van der Waals surface area (Å²) in [5.41, 5.74) is 9.87. The Hall–Kier alpha value is -3.45. The number of anilines is 1. The van der Waals surface area contributed by atoms with Crippen molar-refractivity contribution in [2.24, 2.45) is 0 Å². The van der Waals surface area contributed by atoms with Gasteiger partial charge in [-0.3, -0.25) is 9.59 Å². The molecule has 0 radical (unpaired) electrons. The Labute approximate surface area is 188 Å². The van der Waals surface area contributed by atoms with E-state index in [0.29, 0.717) is 30.9 Å². The molecule has 0 bridgehead atoms. The van der Waals surface area contributed by atoms with E-state index >= 15 is 0 Å². The van der Waals surface area contributed by atoms with Gasteiger partial charge in [0.25, 0.3) is 5.56 Å². The van der Waals surface area contributed by atoms with Crippen LogP contribution in [0.3, 0.4) is 0 Å². The predicted molar refractivity (Wildman–Crippen MR) is 128 cm³/mol. The number of hydrogen-bond acceptors (Lipinski definition) is 5. The molecule has 0 spiro atoms. The summed E-state index contributed by atoms with van der Waals surface area (Å²) < 4.78 is 1.44. The average molecular weight is 434 g/mol. The molecule has 7 heteroatoms. The summed E-state index contributed by atoms with van der Waals surface area (Å²) in [6.07, 6.45) is 0.498. The molecule has 0 atom stereocenters. The fraction of sp³-hybridized carbons (Fsp3) is 0.320. The summed E-state index contributed by atoms with van der Waals surface area (Å²) in [5, 5.41) is 7.49. The number of nitrogen functional groups attached to an aromatic ring is 1. The molecule has 3 aromatic rings. The molecule has 0 fully saturated rings. The standard InChI is InChI=1S/C25H31N5O2/c1-3-29(4-2)15-14-24(31)27-17-19-8-10-21(11-9-19)23-12-13-25(32)30(28-23)18-20-6-5-7-22(26)16-20/h5-13,16H,3-4,14-15,17-18,26H2,1-2H3,(H,27,31). The van der Waals surface area contributed by atoms with Crippen molar-refractivity contribution < 1.29 is 4.79 Å². The summed E-state index contributed by atoms with van der Waals surface area (Å²) in [4.78, 5) is 26.6. The molecule has 0 saturated heterocycles. The first-order chi connectivity index (χ1) is 15.5. The molecule has 1 heterocycles. The van der Waals surface area contributed by atoms with E-state index in [-0.39, 0.29) is 11.5 Å². The Morgan fingerprint density at radius 1 is 1.03 bits per heavy atom. The molecule has 0 aliphatic heterocycles. The number of aromatic nitrogens is 2. The van der Waals surface area contributed by atoms with E-state index in [2.05, 4.69) is 29.2 Å². The van der Waals surface area contributed by atoms with Gasteiger partial charge in [-0.2, -0.15) is 5.10 Å². The maximum absolute atomic E-state index is 12.3. The summed E-state index contributed by atoms with van der Waals surface area (Å²) in [7, 11) is 0. The minimum absolute atomic E-state index is 0.0521. The van der Waals surface area contributed by atoms with Crippen LogP contribution in [-0.2, 0) is 17.9 Å². The lowest BCUT2D eigenvalue weighted by molar-refractivity contribution is -0.121. The van der Waals surface area contributed by atoms with Crippen molar-refractivity contribution in [1.82, 2.24) is 20.0 Å². The highest BCUT2D eigenvalue weighted by atomic mass is 16.1. The van der Waals surface area contributed by atoms with E-state index in [0.717, 1.165) is 36.3 Å². The van der Waals surface area contributed by atoms with Crippen LogP contribution in [-0.4, -0.2) is 40.2 Å². The van der Waals surface area contributed by atoms with Crippen molar-refractivity contribution in [1.29, 1.82) is 0 Å². The normalized spacial score (nSPS) is 11.0. The van der Waals surface area contributed by atoms with Crippen molar-refractivity contribution >= 4 is 11.6 Å². The van der Waals surface area contributed by atoms with Crippen molar-refractivity contribution in [3.05, 3.63) is 82.1 Å². The largest absolute Gasteiger partial charge is 0.399 e. The number of hydrogen-bond donors (Lipinski definition) is 2. The highest BCUT2D eigenvalue weighted by Gasteiger charge is 2.07. The number of nitrogens with two attached hydrogens (primary N) is 1. The first-order valence-electron chi connectivity index (χ1n) is 11.0. The third kappa shape index (κ3) is 6.52. The summed E-state index contributed by atoms with van der Waals surface area (Å²) in [5.74, 6) is 0.0521. The molecule has 3 rings (SSSR count). The number of amides is 1. The lowest BCUT2D eigenvalue weighted by Crippen LogP contribution is -2.30. The Bertz CT molecular complexity index is 1090. The van der Waals surface area contributed by atoms with Crippen LogP contribution >= 0.6 is 0 Å². The molecule has 32 heavy (non-hydrogen) atoms. The van der Waals surface area contributed by atoms with Gasteiger partial charge in [0.15, 0.2) is 0 Å². The Morgan fingerprint density at radius 2 is 1.78 bits per heavy atom. The van der Waals surface area contributed by atoms with Crippen LogP contribution in [0.4, 0.5) is 5.69 Å². The van der Waals surface area contributed by atoms with E-state index in [4.69, 9.17) is 5.73 Å². The van der Waals surface area contributed by atoms with Gasteiger partial charge in [0, 0.05) is 36.8 Å². The predicted octanol–water partition coefficient (Wildman–Crippen LogP) is 2.89. The highest BCUT2D eigenvalue weighted by molar-refractivity contribution is 5.76. The molecule has 7 nitrogen and oxygen atoms in total. The maximum atomic E-state index is 12.3. The second-order valence-corrected chi connectivity index (χ2v) is 7.71. The fourth-order valence-electron chi connectivity index (χ4n) is 3.46. The van der Waals surface area contributed by atoms with Gasteiger partial charge in [-0.15, -0.1) is 0 Å². The lowest BCUT2D eigenvalue weighted by Gasteiger charge is -2.17. The average Bonchev–Trinajstić information content (AvgIpc) is 2.80. The van der Waals surface area contributed by atoms with Crippen molar-refractivity contribution in [2.75, 3.05) is 25.4 Å². The van der Waals surface area contributed by atoms with E-state index < -0.39 is 0 Å². The van der Waals surface area contributed by atoms with Crippen LogP contribution in [0.5, 0.6) is 0 Å². The number of nitrogens with one attached hydrogen (secondary N) is 1. The number of nitrogens with zero attached hydrogens (tertiary/aromatic N) is 3. The molecule has 3 N–H and O–H groups in total. The molecular formula is C25H31N5O2. The van der Waals surface area contributed by atoms with Gasteiger partial charge in [-0.1, -0.05) is 50.2 Å². The molecule has 2 aromatic carbocycles. The first-order valence-corrected chi connectivity index (χ1v) is 11.0. The van der Waals surface area contributed by atoms with E-state index in [1.165, 1.54) is 10.7 Å². The summed E-state index contributed by atoms with van der Waals surface area (Å²) in [6, 6.07) is 18.5. The minimum atomic E-state index is -0.166. The first kappa shape index (κ1) is 23.2. The molecule has 1 amide bonds. The third-order valence-electron chi connectivity index (χ3n) is 5.44. The molecule has 1 aromatic heterocycles.